The molecule has 1 rings (SSSR count). The van der Waals surface area contributed by atoms with Gasteiger partial charge in [0.25, 0.3) is 0 Å². The van der Waals surface area contributed by atoms with Crippen molar-refractivity contribution in [2.45, 2.75) is 186 Å². The standard InChI is InChI=1S/C40H70O8/c1-3-5-7-8-9-10-11-12-13-14-15-16-17-22-26-39(45)47-31-34(42)32-48-40(46)27-23-19-18-21-25-35-36(38(44)30-37(35)43)29-28-33(41)24-20-6-4-2/h18,21,28-29,33-36,38,41-42,44H,3-17,19-20,22-27,30-32H2,1-2H3/b21-18-,29-28+/t33-,34+,35+,36+,38+/m0/s1. The van der Waals surface area contributed by atoms with Crippen molar-refractivity contribution in [1.82, 2.24) is 0 Å². The van der Waals surface area contributed by atoms with Crippen LogP contribution in [0.1, 0.15) is 168 Å². The Morgan fingerprint density at radius 3 is 1.79 bits per heavy atom. The molecule has 0 heterocycles. The van der Waals surface area contributed by atoms with Crippen LogP contribution >= 0.6 is 0 Å². The topological polar surface area (TPSA) is 130 Å². The third-order valence-electron chi connectivity index (χ3n) is 9.31. The number of carbonyl (C=O) groups excluding carboxylic acids is 3. The zero-order valence-electron chi connectivity index (χ0n) is 30.5. The number of Topliss-reactive ketones (excluding diaryl/α,β-unsaturated/α-hetero) is 1. The van der Waals surface area contributed by atoms with Gasteiger partial charge in [-0.05, 0) is 32.1 Å². The van der Waals surface area contributed by atoms with Crippen LogP contribution in [0.25, 0.3) is 0 Å². The van der Waals surface area contributed by atoms with Crippen molar-refractivity contribution in [1.29, 1.82) is 0 Å². The summed E-state index contributed by atoms with van der Waals surface area (Å²) in [4.78, 5) is 36.4. The lowest BCUT2D eigenvalue weighted by molar-refractivity contribution is -0.152. The maximum atomic E-state index is 12.4. The predicted octanol–water partition coefficient (Wildman–Crippen LogP) is 8.49. The molecule has 0 aromatic carbocycles. The third kappa shape index (κ3) is 23.3. The number of aliphatic hydroxyl groups is 3. The average Bonchev–Trinajstić information content (AvgIpc) is 3.34. The fraction of sp³-hybridized carbons (Fsp3) is 0.825. The molecule has 278 valence electrons. The molecule has 8 nitrogen and oxygen atoms in total. The van der Waals surface area contributed by atoms with Crippen molar-refractivity contribution in [3.8, 4) is 0 Å². The van der Waals surface area contributed by atoms with E-state index >= 15 is 0 Å². The lowest BCUT2D eigenvalue weighted by atomic mass is 9.90. The maximum Gasteiger partial charge on any atom is 0.305 e. The van der Waals surface area contributed by atoms with Crippen LogP contribution in [0.15, 0.2) is 24.3 Å². The Labute approximate surface area is 292 Å². The van der Waals surface area contributed by atoms with Gasteiger partial charge in [0.2, 0.25) is 0 Å². The number of aliphatic hydroxyl groups excluding tert-OH is 3. The predicted molar refractivity (Wildman–Crippen MR) is 192 cm³/mol. The van der Waals surface area contributed by atoms with Crippen molar-refractivity contribution >= 4 is 17.7 Å². The van der Waals surface area contributed by atoms with Crippen molar-refractivity contribution < 1.29 is 39.2 Å². The second kappa shape index (κ2) is 29.8. The number of unbranched alkanes of at least 4 members (excludes halogenated alkanes) is 16. The molecule has 3 N–H and O–H groups in total. The van der Waals surface area contributed by atoms with Gasteiger partial charge in [-0.3, -0.25) is 14.4 Å². The van der Waals surface area contributed by atoms with E-state index in [1.165, 1.54) is 70.6 Å². The van der Waals surface area contributed by atoms with Crippen LogP contribution in [-0.4, -0.2) is 64.6 Å². The Balaban J connectivity index is 2.05. The first kappa shape index (κ1) is 44.0. The van der Waals surface area contributed by atoms with Gasteiger partial charge in [0.15, 0.2) is 0 Å². The minimum absolute atomic E-state index is 0.0323. The van der Waals surface area contributed by atoms with E-state index in [2.05, 4.69) is 13.8 Å². The summed E-state index contributed by atoms with van der Waals surface area (Å²) in [5, 5.41) is 30.5. The molecule has 0 bridgehead atoms. The third-order valence-corrected chi connectivity index (χ3v) is 9.31. The zero-order valence-corrected chi connectivity index (χ0v) is 30.5. The number of ether oxygens (including phenoxy) is 2. The lowest BCUT2D eigenvalue weighted by Gasteiger charge is -2.16. The molecule has 8 heteroatoms. The van der Waals surface area contributed by atoms with E-state index in [1.54, 1.807) is 12.2 Å². The minimum atomic E-state index is -1.05. The molecule has 1 fully saturated rings. The number of carbonyl (C=O) groups is 3. The summed E-state index contributed by atoms with van der Waals surface area (Å²) in [6, 6.07) is 0. The van der Waals surface area contributed by atoms with E-state index in [0.29, 0.717) is 32.1 Å². The molecule has 0 amide bonds. The van der Waals surface area contributed by atoms with E-state index in [4.69, 9.17) is 9.47 Å². The number of ketones is 1. The molecule has 1 saturated carbocycles. The van der Waals surface area contributed by atoms with Gasteiger partial charge in [-0.15, -0.1) is 0 Å². The van der Waals surface area contributed by atoms with Crippen molar-refractivity contribution in [3.63, 3.8) is 0 Å². The van der Waals surface area contributed by atoms with E-state index in [9.17, 15) is 29.7 Å². The summed E-state index contributed by atoms with van der Waals surface area (Å²) in [6.45, 7) is 3.97. The van der Waals surface area contributed by atoms with E-state index in [0.717, 1.165) is 38.5 Å². The highest BCUT2D eigenvalue weighted by atomic mass is 16.6. The highest BCUT2D eigenvalue weighted by Gasteiger charge is 2.39. The summed E-state index contributed by atoms with van der Waals surface area (Å²) in [5.74, 6) is -1.33. The fourth-order valence-electron chi connectivity index (χ4n) is 6.24. The molecule has 0 aromatic rings. The van der Waals surface area contributed by atoms with Crippen molar-refractivity contribution in [3.05, 3.63) is 24.3 Å². The SMILES string of the molecule is CCCCCCCCCCCCCCCCC(=O)OC[C@@H](O)COC(=O)CCC/C=C\C[C@H]1C(=O)C[C@@H](O)[C@@H]1/C=C/[C@@H](O)CCCCC. The van der Waals surface area contributed by atoms with Crippen LogP contribution in [0.3, 0.4) is 0 Å². The molecular weight excluding hydrogens is 608 g/mol. The molecule has 0 saturated heterocycles. The second-order valence-electron chi connectivity index (χ2n) is 13.8. The first-order valence-electron chi connectivity index (χ1n) is 19.5. The van der Waals surface area contributed by atoms with Crippen LogP contribution in [-0.2, 0) is 23.9 Å². The lowest BCUT2D eigenvalue weighted by Crippen LogP contribution is -2.25. The van der Waals surface area contributed by atoms with E-state index < -0.39 is 24.3 Å². The van der Waals surface area contributed by atoms with Gasteiger partial charge in [-0.25, -0.2) is 0 Å². The van der Waals surface area contributed by atoms with Crippen LogP contribution < -0.4 is 0 Å². The van der Waals surface area contributed by atoms with Gasteiger partial charge in [0, 0.05) is 31.1 Å². The van der Waals surface area contributed by atoms with E-state index in [1.807, 2.05) is 12.2 Å². The van der Waals surface area contributed by atoms with Crippen LogP contribution in [0.4, 0.5) is 0 Å². The minimum Gasteiger partial charge on any atom is -0.463 e. The molecule has 1 aliphatic carbocycles. The molecule has 1 aliphatic rings. The number of hydrogen-bond acceptors (Lipinski definition) is 8. The quantitative estimate of drug-likeness (QED) is 0.0378. The molecule has 0 unspecified atom stereocenters. The number of esters is 2. The molecule has 5 atom stereocenters. The Hall–Kier alpha value is -2.03. The molecule has 0 radical (unpaired) electrons. The van der Waals surface area contributed by atoms with Gasteiger partial charge in [-0.1, -0.05) is 141 Å². The highest BCUT2D eigenvalue weighted by Crippen LogP contribution is 2.33. The van der Waals surface area contributed by atoms with Crippen LogP contribution in [0.2, 0.25) is 0 Å². The molecule has 0 spiro atoms. The van der Waals surface area contributed by atoms with Gasteiger partial charge >= 0.3 is 11.9 Å². The van der Waals surface area contributed by atoms with E-state index in [-0.39, 0.29) is 49.6 Å². The number of allylic oxidation sites excluding steroid dienone is 2. The van der Waals surface area contributed by atoms with Gasteiger partial charge in [0.05, 0.1) is 12.2 Å². The monoisotopic (exact) mass is 679 g/mol. The number of hydrogen-bond donors (Lipinski definition) is 3. The smallest absolute Gasteiger partial charge is 0.305 e. The Morgan fingerprint density at radius 2 is 1.23 bits per heavy atom. The summed E-state index contributed by atoms with van der Waals surface area (Å²) in [7, 11) is 0. The Morgan fingerprint density at radius 1 is 0.729 bits per heavy atom. The van der Waals surface area contributed by atoms with Gasteiger partial charge in [0.1, 0.15) is 25.1 Å². The van der Waals surface area contributed by atoms with Gasteiger partial charge in [-0.2, -0.15) is 0 Å². The summed E-state index contributed by atoms with van der Waals surface area (Å²) >= 11 is 0. The normalized spacial score (nSPS) is 19.4. The van der Waals surface area contributed by atoms with Crippen LogP contribution in [0.5, 0.6) is 0 Å². The maximum absolute atomic E-state index is 12.4. The Kier molecular flexibility index (Phi) is 27.4. The first-order chi connectivity index (χ1) is 23.3. The molecule has 0 aromatic heterocycles. The summed E-state index contributed by atoms with van der Waals surface area (Å²) < 4.78 is 10.3. The first-order valence-corrected chi connectivity index (χ1v) is 19.5. The molecule has 48 heavy (non-hydrogen) atoms. The average molecular weight is 679 g/mol. The fourth-order valence-corrected chi connectivity index (χ4v) is 6.24. The zero-order chi connectivity index (χ0) is 35.2. The molecule has 0 aliphatic heterocycles. The van der Waals surface area contributed by atoms with Crippen LogP contribution in [0, 0.1) is 11.8 Å². The van der Waals surface area contributed by atoms with Gasteiger partial charge < -0.3 is 24.8 Å². The summed E-state index contributed by atoms with van der Waals surface area (Å²) in [5.41, 5.74) is 0. The Bertz CT molecular complexity index is 884. The highest BCUT2D eigenvalue weighted by molar-refractivity contribution is 5.84. The largest absolute Gasteiger partial charge is 0.463 e. The van der Waals surface area contributed by atoms with Crippen molar-refractivity contribution in [2.24, 2.45) is 11.8 Å². The summed E-state index contributed by atoms with van der Waals surface area (Å²) in [6.07, 6.45) is 28.8. The molecular formula is C40H70O8. The number of rotatable bonds is 31. The van der Waals surface area contributed by atoms with Crippen molar-refractivity contribution in [2.75, 3.05) is 13.2 Å². The second-order valence-corrected chi connectivity index (χ2v) is 13.8.